The summed E-state index contributed by atoms with van der Waals surface area (Å²) in [4.78, 5) is 11.5. The van der Waals surface area contributed by atoms with E-state index in [1.807, 2.05) is 25.2 Å². The molecule has 2 heteroatoms. The summed E-state index contributed by atoms with van der Waals surface area (Å²) in [6, 6.07) is 0. The van der Waals surface area contributed by atoms with Gasteiger partial charge in [-0.05, 0) is 6.42 Å². The number of methoxy groups -OCH3 is 1. The van der Waals surface area contributed by atoms with Gasteiger partial charge in [0.05, 0.1) is 5.92 Å². The van der Waals surface area contributed by atoms with Crippen LogP contribution in [-0.2, 0) is 9.53 Å². The molecule has 0 bridgehead atoms. The Bertz CT molecular complexity index is 238. The van der Waals surface area contributed by atoms with Crippen molar-refractivity contribution < 1.29 is 9.53 Å². The maximum absolute atomic E-state index is 11.5. The van der Waals surface area contributed by atoms with Gasteiger partial charge in [0.25, 0.3) is 0 Å². The van der Waals surface area contributed by atoms with E-state index in [2.05, 4.69) is 0 Å². The first-order valence-electron chi connectivity index (χ1n) is 4.68. The molecule has 0 heterocycles. The number of hydrogen-bond donors (Lipinski definition) is 0. The number of carbonyl (C=O) groups is 1. The highest BCUT2D eigenvalue weighted by Crippen LogP contribution is 2.24. The van der Waals surface area contributed by atoms with Crippen molar-refractivity contribution in [2.75, 3.05) is 13.7 Å². The predicted octanol–water partition coefficient (Wildman–Crippen LogP) is 2.11. The SMILES string of the molecule is CCC(=O)C1C=CC=C1CCOC. The lowest BCUT2D eigenvalue weighted by Gasteiger charge is -2.10. The Labute approximate surface area is 79.3 Å². The zero-order chi connectivity index (χ0) is 9.68. The quantitative estimate of drug-likeness (QED) is 0.647. The molecular formula is C11H16O2. The van der Waals surface area contributed by atoms with Gasteiger partial charge in [-0.25, -0.2) is 0 Å². The Morgan fingerprint density at radius 1 is 1.62 bits per heavy atom. The van der Waals surface area contributed by atoms with Crippen molar-refractivity contribution in [1.29, 1.82) is 0 Å². The molecule has 1 unspecified atom stereocenters. The molecule has 0 saturated carbocycles. The minimum absolute atomic E-state index is 0.0279. The van der Waals surface area contributed by atoms with Gasteiger partial charge in [0.15, 0.2) is 0 Å². The smallest absolute Gasteiger partial charge is 0.143 e. The van der Waals surface area contributed by atoms with Gasteiger partial charge in [-0.3, -0.25) is 4.79 Å². The van der Waals surface area contributed by atoms with Crippen LogP contribution in [0.4, 0.5) is 0 Å². The zero-order valence-corrected chi connectivity index (χ0v) is 8.25. The highest BCUT2D eigenvalue weighted by Gasteiger charge is 2.20. The van der Waals surface area contributed by atoms with E-state index >= 15 is 0 Å². The zero-order valence-electron chi connectivity index (χ0n) is 8.25. The van der Waals surface area contributed by atoms with Crippen LogP contribution in [0, 0.1) is 5.92 Å². The van der Waals surface area contributed by atoms with Gasteiger partial charge in [-0.2, -0.15) is 0 Å². The number of ether oxygens (including phenoxy) is 1. The molecule has 0 N–H and O–H groups in total. The first-order chi connectivity index (χ1) is 6.29. The Morgan fingerprint density at radius 2 is 2.38 bits per heavy atom. The molecular weight excluding hydrogens is 164 g/mol. The van der Waals surface area contributed by atoms with Crippen LogP contribution in [-0.4, -0.2) is 19.5 Å². The van der Waals surface area contributed by atoms with E-state index in [-0.39, 0.29) is 5.92 Å². The van der Waals surface area contributed by atoms with Gasteiger partial charge < -0.3 is 4.74 Å². The topological polar surface area (TPSA) is 26.3 Å². The van der Waals surface area contributed by atoms with Gasteiger partial charge >= 0.3 is 0 Å². The minimum atomic E-state index is 0.0279. The minimum Gasteiger partial charge on any atom is -0.384 e. The maximum Gasteiger partial charge on any atom is 0.143 e. The average molecular weight is 180 g/mol. The highest BCUT2D eigenvalue weighted by atomic mass is 16.5. The highest BCUT2D eigenvalue weighted by molar-refractivity contribution is 5.86. The molecule has 0 radical (unpaired) electrons. The summed E-state index contributed by atoms with van der Waals surface area (Å²) in [7, 11) is 1.68. The molecule has 0 saturated heterocycles. The van der Waals surface area contributed by atoms with E-state index in [4.69, 9.17) is 4.74 Å². The van der Waals surface area contributed by atoms with Crippen LogP contribution in [0.25, 0.3) is 0 Å². The first-order valence-corrected chi connectivity index (χ1v) is 4.68. The molecule has 0 aliphatic heterocycles. The van der Waals surface area contributed by atoms with Crippen molar-refractivity contribution in [3.05, 3.63) is 23.8 Å². The van der Waals surface area contributed by atoms with Crippen molar-refractivity contribution in [2.45, 2.75) is 19.8 Å². The Morgan fingerprint density at radius 3 is 3.00 bits per heavy atom. The summed E-state index contributed by atoms with van der Waals surface area (Å²) in [5.41, 5.74) is 1.19. The Balaban J connectivity index is 2.51. The third-order valence-electron chi connectivity index (χ3n) is 2.30. The van der Waals surface area contributed by atoms with Crippen LogP contribution < -0.4 is 0 Å². The van der Waals surface area contributed by atoms with Crippen molar-refractivity contribution in [3.63, 3.8) is 0 Å². The standard InChI is InChI=1S/C11H16O2/c1-3-11(12)10-6-4-5-9(10)7-8-13-2/h4-6,10H,3,7-8H2,1-2H3. The van der Waals surface area contributed by atoms with Gasteiger partial charge in [-0.15, -0.1) is 0 Å². The van der Waals surface area contributed by atoms with Crippen LogP contribution in [0.15, 0.2) is 23.8 Å². The van der Waals surface area contributed by atoms with E-state index in [0.717, 1.165) is 6.42 Å². The van der Waals surface area contributed by atoms with Crippen LogP contribution >= 0.6 is 0 Å². The van der Waals surface area contributed by atoms with Gasteiger partial charge in [0.2, 0.25) is 0 Å². The predicted molar refractivity (Wildman–Crippen MR) is 52.5 cm³/mol. The van der Waals surface area contributed by atoms with Crippen LogP contribution in [0.1, 0.15) is 19.8 Å². The van der Waals surface area contributed by atoms with Crippen LogP contribution in [0.2, 0.25) is 0 Å². The van der Waals surface area contributed by atoms with Crippen LogP contribution in [0.3, 0.4) is 0 Å². The molecule has 13 heavy (non-hydrogen) atoms. The molecule has 1 rings (SSSR count). The largest absolute Gasteiger partial charge is 0.384 e. The van der Waals surface area contributed by atoms with Gasteiger partial charge in [0, 0.05) is 20.1 Å². The number of rotatable bonds is 5. The van der Waals surface area contributed by atoms with Crippen molar-refractivity contribution in [3.8, 4) is 0 Å². The third-order valence-corrected chi connectivity index (χ3v) is 2.30. The van der Waals surface area contributed by atoms with E-state index in [9.17, 15) is 4.79 Å². The molecule has 0 fully saturated rings. The normalized spacial score (nSPS) is 20.5. The monoisotopic (exact) mass is 180 g/mol. The summed E-state index contributed by atoms with van der Waals surface area (Å²) < 4.78 is 4.99. The summed E-state index contributed by atoms with van der Waals surface area (Å²) in [6.45, 7) is 2.60. The van der Waals surface area contributed by atoms with Crippen LogP contribution in [0.5, 0.6) is 0 Å². The van der Waals surface area contributed by atoms with E-state index in [0.29, 0.717) is 18.8 Å². The summed E-state index contributed by atoms with van der Waals surface area (Å²) in [5, 5.41) is 0. The third kappa shape index (κ3) is 2.52. The van der Waals surface area contributed by atoms with E-state index in [1.54, 1.807) is 7.11 Å². The molecule has 1 atom stereocenters. The van der Waals surface area contributed by atoms with Gasteiger partial charge in [0.1, 0.15) is 5.78 Å². The number of carbonyl (C=O) groups excluding carboxylic acids is 1. The number of ketones is 1. The maximum atomic E-state index is 11.5. The molecule has 1 aliphatic carbocycles. The first kappa shape index (κ1) is 10.2. The molecule has 2 nitrogen and oxygen atoms in total. The Kier molecular flexibility index (Phi) is 3.90. The fourth-order valence-corrected chi connectivity index (χ4v) is 1.51. The average Bonchev–Trinajstić information content (AvgIpc) is 2.61. The van der Waals surface area contributed by atoms with Crippen molar-refractivity contribution in [1.82, 2.24) is 0 Å². The lowest BCUT2D eigenvalue weighted by Crippen LogP contribution is -2.12. The summed E-state index contributed by atoms with van der Waals surface area (Å²) >= 11 is 0. The van der Waals surface area contributed by atoms with E-state index in [1.165, 1.54) is 5.57 Å². The number of hydrogen-bond acceptors (Lipinski definition) is 2. The molecule has 0 amide bonds. The molecule has 0 aromatic carbocycles. The summed E-state index contributed by atoms with van der Waals surface area (Å²) in [6.07, 6.45) is 7.43. The fourth-order valence-electron chi connectivity index (χ4n) is 1.51. The second-order valence-corrected chi connectivity index (χ2v) is 3.17. The molecule has 0 spiro atoms. The second kappa shape index (κ2) is 4.97. The molecule has 0 aromatic heterocycles. The van der Waals surface area contributed by atoms with Crippen molar-refractivity contribution in [2.24, 2.45) is 5.92 Å². The Hall–Kier alpha value is -0.890. The fraction of sp³-hybridized carbons (Fsp3) is 0.545. The lowest BCUT2D eigenvalue weighted by atomic mass is 9.94. The number of Topliss-reactive ketones (excluding diaryl/α,β-unsaturated/α-hetero) is 1. The summed E-state index contributed by atoms with van der Waals surface area (Å²) in [5.74, 6) is 0.330. The van der Waals surface area contributed by atoms with Gasteiger partial charge in [-0.1, -0.05) is 30.7 Å². The second-order valence-electron chi connectivity index (χ2n) is 3.17. The lowest BCUT2D eigenvalue weighted by molar-refractivity contribution is -0.120. The molecule has 72 valence electrons. The van der Waals surface area contributed by atoms with Crippen molar-refractivity contribution >= 4 is 5.78 Å². The number of allylic oxidation sites excluding steroid dienone is 3. The molecule has 1 aliphatic rings. The molecule has 0 aromatic rings. The van der Waals surface area contributed by atoms with E-state index < -0.39 is 0 Å².